The molecule has 0 saturated carbocycles. The Morgan fingerprint density at radius 1 is 1.25 bits per heavy atom. The van der Waals surface area contributed by atoms with Crippen LogP contribution in [0.15, 0.2) is 23.2 Å². The average Bonchev–Trinajstić information content (AvgIpc) is 2.90. The summed E-state index contributed by atoms with van der Waals surface area (Å²) < 4.78 is 5.37. The van der Waals surface area contributed by atoms with Crippen LogP contribution in [0.2, 0.25) is 0 Å². The Balaban J connectivity index is 1.81. The second-order valence-electron chi connectivity index (χ2n) is 5.66. The molecule has 0 spiro atoms. The van der Waals surface area contributed by atoms with Gasteiger partial charge in [-0.2, -0.15) is 0 Å². The molecule has 1 heterocycles. The molecule has 0 unspecified atom stereocenters. The summed E-state index contributed by atoms with van der Waals surface area (Å²) in [6, 6.07) is 6.32. The van der Waals surface area contributed by atoms with Crippen LogP contribution in [0.4, 0.5) is 0 Å². The summed E-state index contributed by atoms with van der Waals surface area (Å²) in [7, 11) is 3.49. The van der Waals surface area contributed by atoms with Gasteiger partial charge in [0.05, 0.1) is 19.3 Å². The molecule has 0 fully saturated rings. The minimum absolute atomic E-state index is 0.692. The summed E-state index contributed by atoms with van der Waals surface area (Å²) in [5, 5.41) is 7.72. The third kappa shape index (κ3) is 4.96. The fraction of sp³-hybridized carbons (Fsp3) is 0.444. The fourth-order valence-electron chi connectivity index (χ4n) is 2.34. The number of hydrogen-bond acceptors (Lipinski definition) is 4. The third-order valence-electron chi connectivity index (χ3n) is 3.88. The SMILES string of the molecule is CN=C(NCCc1ccc(C)c(OC)c1)NCc1nc(C)c(C)s1. The Morgan fingerprint density at radius 2 is 2.04 bits per heavy atom. The van der Waals surface area contributed by atoms with Gasteiger partial charge in [0.2, 0.25) is 0 Å². The van der Waals surface area contributed by atoms with Gasteiger partial charge in [-0.1, -0.05) is 12.1 Å². The molecule has 0 saturated heterocycles. The van der Waals surface area contributed by atoms with Crippen molar-refractivity contribution < 1.29 is 4.74 Å². The molecule has 1 aromatic carbocycles. The minimum atomic E-state index is 0.692. The number of nitrogens with one attached hydrogen (secondary N) is 2. The topological polar surface area (TPSA) is 58.5 Å². The van der Waals surface area contributed by atoms with E-state index in [0.717, 1.165) is 40.9 Å². The second-order valence-corrected chi connectivity index (χ2v) is 6.94. The maximum atomic E-state index is 5.37. The average molecular weight is 347 g/mol. The van der Waals surface area contributed by atoms with Crippen LogP contribution in [0.5, 0.6) is 5.75 Å². The third-order valence-corrected chi connectivity index (χ3v) is 4.95. The molecule has 0 amide bonds. The molecular formula is C18H26N4OS. The Hall–Kier alpha value is -2.08. The zero-order chi connectivity index (χ0) is 17.5. The monoisotopic (exact) mass is 346 g/mol. The molecule has 2 rings (SSSR count). The number of thiazole rings is 1. The molecule has 0 bridgehead atoms. The molecule has 1 aromatic heterocycles. The van der Waals surface area contributed by atoms with Gasteiger partial charge in [-0.25, -0.2) is 4.98 Å². The van der Waals surface area contributed by atoms with Crippen molar-refractivity contribution >= 4 is 17.3 Å². The molecule has 5 nitrogen and oxygen atoms in total. The van der Waals surface area contributed by atoms with Crippen LogP contribution in [-0.2, 0) is 13.0 Å². The van der Waals surface area contributed by atoms with E-state index in [2.05, 4.69) is 52.7 Å². The van der Waals surface area contributed by atoms with E-state index in [1.165, 1.54) is 10.4 Å². The van der Waals surface area contributed by atoms with Gasteiger partial charge in [-0.3, -0.25) is 4.99 Å². The molecule has 0 aliphatic heterocycles. The predicted octanol–water partition coefficient (Wildman–Crippen LogP) is 2.98. The largest absolute Gasteiger partial charge is 0.496 e. The summed E-state index contributed by atoms with van der Waals surface area (Å²) in [5.74, 6) is 1.73. The number of aryl methyl sites for hydroxylation is 3. The molecule has 0 radical (unpaired) electrons. The zero-order valence-corrected chi connectivity index (χ0v) is 15.9. The lowest BCUT2D eigenvalue weighted by atomic mass is 10.1. The maximum absolute atomic E-state index is 5.37. The van der Waals surface area contributed by atoms with Crippen LogP contribution in [0.3, 0.4) is 0 Å². The number of aliphatic imine (C=N–C) groups is 1. The molecule has 6 heteroatoms. The lowest BCUT2D eigenvalue weighted by molar-refractivity contribution is 0.411. The van der Waals surface area contributed by atoms with E-state index in [1.54, 1.807) is 25.5 Å². The Kier molecular flexibility index (Phi) is 6.61. The Bertz CT molecular complexity index is 690. The number of guanidine groups is 1. The molecule has 2 N–H and O–H groups in total. The lowest BCUT2D eigenvalue weighted by Crippen LogP contribution is -2.37. The summed E-state index contributed by atoms with van der Waals surface area (Å²) in [6.45, 7) is 7.69. The highest BCUT2D eigenvalue weighted by Crippen LogP contribution is 2.19. The van der Waals surface area contributed by atoms with Gasteiger partial charge in [-0.05, 0) is 44.4 Å². The van der Waals surface area contributed by atoms with E-state index >= 15 is 0 Å². The van der Waals surface area contributed by atoms with Crippen molar-refractivity contribution in [3.63, 3.8) is 0 Å². The van der Waals surface area contributed by atoms with Crippen molar-refractivity contribution in [2.45, 2.75) is 33.7 Å². The first-order valence-electron chi connectivity index (χ1n) is 8.04. The highest BCUT2D eigenvalue weighted by Gasteiger charge is 2.05. The standard InChI is InChI=1S/C18H26N4OS/c1-12-6-7-15(10-16(12)23-5)8-9-20-18(19-4)21-11-17-22-13(2)14(3)24-17/h6-7,10H,8-9,11H2,1-5H3,(H2,19,20,21). The summed E-state index contributed by atoms with van der Waals surface area (Å²) in [5.41, 5.74) is 3.50. The van der Waals surface area contributed by atoms with Crippen molar-refractivity contribution in [2.75, 3.05) is 20.7 Å². The number of rotatable bonds is 6. The summed E-state index contributed by atoms with van der Waals surface area (Å²) in [4.78, 5) is 10.1. The fourth-order valence-corrected chi connectivity index (χ4v) is 3.21. The van der Waals surface area contributed by atoms with Gasteiger partial charge < -0.3 is 15.4 Å². The van der Waals surface area contributed by atoms with Crippen LogP contribution in [0, 0.1) is 20.8 Å². The number of aromatic nitrogens is 1. The van der Waals surface area contributed by atoms with Crippen LogP contribution in [-0.4, -0.2) is 31.6 Å². The normalized spacial score (nSPS) is 11.5. The second kappa shape index (κ2) is 8.68. The Labute approximate surface area is 148 Å². The molecule has 130 valence electrons. The van der Waals surface area contributed by atoms with Gasteiger partial charge in [0.25, 0.3) is 0 Å². The van der Waals surface area contributed by atoms with Crippen molar-refractivity contribution in [1.82, 2.24) is 15.6 Å². The minimum Gasteiger partial charge on any atom is -0.496 e. The van der Waals surface area contributed by atoms with Crippen molar-refractivity contribution in [3.05, 3.63) is 44.9 Å². The molecule has 0 atom stereocenters. The zero-order valence-electron chi connectivity index (χ0n) is 15.1. The highest BCUT2D eigenvalue weighted by molar-refractivity contribution is 7.11. The van der Waals surface area contributed by atoms with Crippen molar-refractivity contribution in [1.29, 1.82) is 0 Å². The van der Waals surface area contributed by atoms with E-state index in [-0.39, 0.29) is 0 Å². The van der Waals surface area contributed by atoms with E-state index in [4.69, 9.17) is 4.74 Å². The number of benzene rings is 1. The van der Waals surface area contributed by atoms with Gasteiger partial charge in [0, 0.05) is 18.5 Å². The maximum Gasteiger partial charge on any atom is 0.191 e. The lowest BCUT2D eigenvalue weighted by Gasteiger charge is -2.12. The van der Waals surface area contributed by atoms with Crippen molar-refractivity contribution in [2.24, 2.45) is 4.99 Å². The first-order chi connectivity index (χ1) is 11.5. The predicted molar refractivity (Wildman–Crippen MR) is 101 cm³/mol. The number of nitrogens with zero attached hydrogens (tertiary/aromatic N) is 2. The smallest absolute Gasteiger partial charge is 0.191 e. The van der Waals surface area contributed by atoms with Crippen LogP contribution >= 0.6 is 11.3 Å². The van der Waals surface area contributed by atoms with Gasteiger partial charge in [-0.15, -0.1) is 11.3 Å². The van der Waals surface area contributed by atoms with E-state index < -0.39 is 0 Å². The summed E-state index contributed by atoms with van der Waals surface area (Å²) in [6.07, 6.45) is 0.910. The van der Waals surface area contributed by atoms with Gasteiger partial charge >= 0.3 is 0 Å². The van der Waals surface area contributed by atoms with E-state index in [0.29, 0.717) is 6.54 Å². The molecular weight excluding hydrogens is 320 g/mol. The first-order valence-corrected chi connectivity index (χ1v) is 8.86. The molecule has 2 aromatic rings. The molecule has 0 aliphatic rings. The number of methoxy groups -OCH3 is 1. The van der Waals surface area contributed by atoms with Crippen LogP contribution in [0.1, 0.15) is 26.7 Å². The molecule has 24 heavy (non-hydrogen) atoms. The Morgan fingerprint density at radius 3 is 2.67 bits per heavy atom. The van der Waals surface area contributed by atoms with Gasteiger partial charge in [0.15, 0.2) is 5.96 Å². The quantitative estimate of drug-likeness (QED) is 0.624. The van der Waals surface area contributed by atoms with E-state index in [1.807, 2.05) is 6.92 Å². The first kappa shape index (κ1) is 18.3. The molecule has 0 aliphatic carbocycles. The van der Waals surface area contributed by atoms with Crippen molar-refractivity contribution in [3.8, 4) is 5.75 Å². The highest BCUT2D eigenvalue weighted by atomic mass is 32.1. The number of ether oxygens (including phenoxy) is 1. The van der Waals surface area contributed by atoms with Crippen LogP contribution < -0.4 is 15.4 Å². The van der Waals surface area contributed by atoms with E-state index in [9.17, 15) is 0 Å². The van der Waals surface area contributed by atoms with Crippen LogP contribution in [0.25, 0.3) is 0 Å². The van der Waals surface area contributed by atoms with Gasteiger partial charge in [0.1, 0.15) is 10.8 Å². The number of hydrogen-bond donors (Lipinski definition) is 2. The summed E-state index contributed by atoms with van der Waals surface area (Å²) >= 11 is 1.72.